The molecule has 22 heavy (non-hydrogen) atoms. The van der Waals surface area contributed by atoms with Crippen LogP contribution in [0.25, 0.3) is 22.0 Å². The summed E-state index contributed by atoms with van der Waals surface area (Å²) in [6, 6.07) is 8.09. The van der Waals surface area contributed by atoms with Crippen LogP contribution in [0.3, 0.4) is 0 Å². The molecule has 2 N–H and O–H groups in total. The number of rotatable bonds is 2. The molecule has 0 saturated heterocycles. The van der Waals surface area contributed by atoms with Gasteiger partial charge in [-0.05, 0) is 47.9 Å². The van der Waals surface area contributed by atoms with Crippen LogP contribution in [0.2, 0.25) is 10.0 Å². The van der Waals surface area contributed by atoms with Gasteiger partial charge in [-0.1, -0.05) is 30.1 Å². The predicted octanol–water partition coefficient (Wildman–Crippen LogP) is 5.49. The van der Waals surface area contributed by atoms with Gasteiger partial charge in [-0.2, -0.15) is 0 Å². The molecule has 0 amide bonds. The van der Waals surface area contributed by atoms with Crippen LogP contribution in [0.4, 0.5) is 10.1 Å². The summed E-state index contributed by atoms with van der Waals surface area (Å²) >= 11 is 12.1. The Bertz CT molecular complexity index is 858. The zero-order valence-corrected chi connectivity index (χ0v) is 13.3. The number of nitrogens with zero attached hydrogens (tertiary/aromatic N) is 1. The molecule has 3 aromatic rings. The van der Waals surface area contributed by atoms with Crippen molar-refractivity contribution in [3.8, 4) is 11.1 Å². The molecular weight excluding hydrogens is 322 g/mol. The minimum atomic E-state index is -0.370. The molecule has 3 rings (SSSR count). The number of nitrogens with two attached hydrogens (primary N) is 1. The second kappa shape index (κ2) is 5.75. The number of nitrogen functional groups attached to an aromatic ring is 1. The van der Waals surface area contributed by atoms with Gasteiger partial charge in [0.1, 0.15) is 5.82 Å². The molecule has 0 unspecified atom stereocenters. The molecule has 2 nitrogen and oxygen atoms in total. The molecule has 1 aromatic heterocycles. The van der Waals surface area contributed by atoms with E-state index in [1.165, 1.54) is 6.07 Å². The Labute approximate surface area is 137 Å². The van der Waals surface area contributed by atoms with Gasteiger partial charge < -0.3 is 5.73 Å². The van der Waals surface area contributed by atoms with Crippen molar-refractivity contribution in [3.05, 3.63) is 58.0 Å². The topological polar surface area (TPSA) is 38.9 Å². The molecule has 0 spiro atoms. The molecule has 0 aliphatic rings. The number of pyridine rings is 1. The fraction of sp³-hybridized carbons (Fsp3) is 0.118. The van der Waals surface area contributed by atoms with E-state index < -0.39 is 0 Å². The number of hydrogen-bond acceptors (Lipinski definition) is 2. The first-order valence-electron chi connectivity index (χ1n) is 6.83. The SMILES string of the molecule is CCc1c(N)cnc2c(-c3cc(Cl)cc(Cl)c3)c(F)ccc12. The Balaban J connectivity index is 2.40. The summed E-state index contributed by atoms with van der Waals surface area (Å²) in [5.41, 5.74) is 9.08. The van der Waals surface area contributed by atoms with E-state index in [2.05, 4.69) is 4.98 Å². The van der Waals surface area contributed by atoms with Crippen LogP contribution in [0.15, 0.2) is 36.5 Å². The molecule has 0 radical (unpaired) electrons. The van der Waals surface area contributed by atoms with E-state index in [1.54, 1.807) is 30.5 Å². The van der Waals surface area contributed by atoms with Crippen LogP contribution in [-0.4, -0.2) is 4.98 Å². The van der Waals surface area contributed by atoms with Gasteiger partial charge in [0, 0.05) is 21.0 Å². The minimum absolute atomic E-state index is 0.370. The Morgan fingerprint density at radius 1 is 1.14 bits per heavy atom. The molecular formula is C17H13Cl2FN2. The lowest BCUT2D eigenvalue weighted by Crippen LogP contribution is -1.98. The lowest BCUT2D eigenvalue weighted by molar-refractivity contribution is 0.632. The van der Waals surface area contributed by atoms with Crippen molar-refractivity contribution in [3.63, 3.8) is 0 Å². The molecule has 0 fully saturated rings. The Hall–Kier alpha value is -1.84. The fourth-order valence-electron chi connectivity index (χ4n) is 2.68. The van der Waals surface area contributed by atoms with Crippen LogP contribution in [0.1, 0.15) is 12.5 Å². The second-order valence-electron chi connectivity index (χ2n) is 5.02. The molecule has 112 valence electrons. The van der Waals surface area contributed by atoms with Crippen LogP contribution >= 0.6 is 23.2 Å². The third-order valence-corrected chi connectivity index (χ3v) is 4.07. The summed E-state index contributed by atoms with van der Waals surface area (Å²) in [6.45, 7) is 2.00. The van der Waals surface area contributed by atoms with Crippen molar-refractivity contribution >= 4 is 39.8 Å². The quantitative estimate of drug-likeness (QED) is 0.672. The summed E-state index contributed by atoms with van der Waals surface area (Å²) < 4.78 is 14.4. The highest BCUT2D eigenvalue weighted by Gasteiger charge is 2.15. The summed E-state index contributed by atoms with van der Waals surface area (Å²) in [5.74, 6) is -0.370. The number of aromatic nitrogens is 1. The van der Waals surface area contributed by atoms with Crippen LogP contribution < -0.4 is 5.73 Å². The van der Waals surface area contributed by atoms with Crippen LogP contribution in [0, 0.1) is 5.82 Å². The van der Waals surface area contributed by atoms with E-state index in [0.717, 1.165) is 17.4 Å². The first-order chi connectivity index (χ1) is 10.5. The van der Waals surface area contributed by atoms with Crippen molar-refractivity contribution in [2.24, 2.45) is 0 Å². The maximum absolute atomic E-state index is 14.4. The minimum Gasteiger partial charge on any atom is -0.397 e. The number of benzene rings is 2. The van der Waals surface area contributed by atoms with E-state index in [1.807, 2.05) is 6.92 Å². The smallest absolute Gasteiger partial charge is 0.133 e. The van der Waals surface area contributed by atoms with E-state index in [-0.39, 0.29) is 5.82 Å². The number of hydrogen-bond donors (Lipinski definition) is 1. The largest absolute Gasteiger partial charge is 0.397 e. The Morgan fingerprint density at radius 2 is 1.82 bits per heavy atom. The van der Waals surface area contributed by atoms with Gasteiger partial charge in [0.05, 0.1) is 17.4 Å². The van der Waals surface area contributed by atoms with Crippen LogP contribution in [0.5, 0.6) is 0 Å². The van der Waals surface area contributed by atoms with Crippen molar-refractivity contribution in [1.82, 2.24) is 4.98 Å². The van der Waals surface area contributed by atoms with Gasteiger partial charge in [0.25, 0.3) is 0 Å². The highest BCUT2D eigenvalue weighted by molar-refractivity contribution is 6.35. The average Bonchev–Trinajstić information content (AvgIpc) is 2.46. The van der Waals surface area contributed by atoms with Crippen molar-refractivity contribution in [1.29, 1.82) is 0 Å². The highest BCUT2D eigenvalue weighted by Crippen LogP contribution is 2.35. The lowest BCUT2D eigenvalue weighted by atomic mass is 9.97. The molecule has 0 bridgehead atoms. The van der Waals surface area contributed by atoms with Crippen molar-refractivity contribution in [2.45, 2.75) is 13.3 Å². The van der Waals surface area contributed by atoms with E-state index in [0.29, 0.717) is 32.4 Å². The van der Waals surface area contributed by atoms with Gasteiger partial charge in [-0.3, -0.25) is 4.98 Å². The van der Waals surface area contributed by atoms with E-state index >= 15 is 0 Å². The molecule has 1 heterocycles. The molecule has 0 saturated carbocycles. The summed E-state index contributed by atoms with van der Waals surface area (Å²) in [6.07, 6.45) is 2.31. The predicted molar refractivity (Wildman–Crippen MR) is 90.9 cm³/mol. The zero-order valence-electron chi connectivity index (χ0n) is 11.8. The first-order valence-corrected chi connectivity index (χ1v) is 7.59. The normalized spacial score (nSPS) is 11.1. The summed E-state index contributed by atoms with van der Waals surface area (Å²) in [4.78, 5) is 4.33. The fourth-order valence-corrected chi connectivity index (χ4v) is 3.21. The molecule has 2 aromatic carbocycles. The number of anilines is 1. The molecule has 5 heteroatoms. The monoisotopic (exact) mass is 334 g/mol. The summed E-state index contributed by atoms with van der Waals surface area (Å²) in [7, 11) is 0. The van der Waals surface area contributed by atoms with E-state index in [9.17, 15) is 4.39 Å². The van der Waals surface area contributed by atoms with Gasteiger partial charge in [-0.25, -0.2) is 4.39 Å². The standard InChI is InChI=1S/C17H13Cl2FN2/c1-2-12-13-3-4-14(20)16(17(13)22-8-15(12)21)9-5-10(18)7-11(19)6-9/h3-8H,2,21H2,1H3. The maximum Gasteiger partial charge on any atom is 0.133 e. The van der Waals surface area contributed by atoms with Crippen molar-refractivity contribution in [2.75, 3.05) is 5.73 Å². The number of fused-ring (bicyclic) bond motifs is 1. The third-order valence-electron chi connectivity index (χ3n) is 3.64. The van der Waals surface area contributed by atoms with Gasteiger partial charge in [-0.15, -0.1) is 0 Å². The molecule has 0 atom stereocenters. The van der Waals surface area contributed by atoms with Gasteiger partial charge in [0.15, 0.2) is 0 Å². The van der Waals surface area contributed by atoms with E-state index in [4.69, 9.17) is 28.9 Å². The van der Waals surface area contributed by atoms with Crippen LogP contribution in [-0.2, 0) is 6.42 Å². The first kappa shape index (κ1) is 15.1. The number of halogens is 3. The van der Waals surface area contributed by atoms with Crippen molar-refractivity contribution < 1.29 is 4.39 Å². The highest BCUT2D eigenvalue weighted by atomic mass is 35.5. The third kappa shape index (κ3) is 2.51. The number of aryl methyl sites for hydroxylation is 1. The molecule has 0 aliphatic heterocycles. The van der Waals surface area contributed by atoms with Gasteiger partial charge >= 0.3 is 0 Å². The average molecular weight is 335 g/mol. The summed E-state index contributed by atoms with van der Waals surface area (Å²) in [5, 5.41) is 1.74. The Morgan fingerprint density at radius 3 is 2.45 bits per heavy atom. The van der Waals surface area contributed by atoms with Gasteiger partial charge in [0.2, 0.25) is 0 Å². The molecule has 0 aliphatic carbocycles. The Kier molecular flexibility index (Phi) is 3.94. The second-order valence-corrected chi connectivity index (χ2v) is 5.90. The maximum atomic E-state index is 14.4. The zero-order chi connectivity index (χ0) is 15.9. The lowest BCUT2D eigenvalue weighted by Gasteiger charge is -2.12.